The minimum Gasteiger partial charge on any atom is -0.394 e. The second-order valence-electron chi connectivity index (χ2n) is 7.63. The lowest BCUT2D eigenvalue weighted by Gasteiger charge is -2.24. The number of hydrogen-bond donors (Lipinski definition) is 2. The third kappa shape index (κ3) is 3.83. The van der Waals surface area contributed by atoms with E-state index in [9.17, 15) is 22.7 Å². The van der Waals surface area contributed by atoms with Crippen LogP contribution < -0.4 is 9.62 Å². The molecule has 11 heteroatoms. The Morgan fingerprint density at radius 1 is 1.34 bits per heavy atom. The van der Waals surface area contributed by atoms with Gasteiger partial charge < -0.3 is 15.2 Å². The highest BCUT2D eigenvalue weighted by molar-refractivity contribution is 7.92. The number of halogens is 1. The Morgan fingerprint density at radius 2 is 2.03 bits per heavy atom. The highest BCUT2D eigenvalue weighted by Gasteiger charge is 2.33. The average Bonchev–Trinajstić information content (AvgIpc) is 3.05. The number of carbonyl (C=O) groups is 1. The van der Waals surface area contributed by atoms with Crippen molar-refractivity contribution >= 4 is 27.1 Å². The van der Waals surface area contributed by atoms with Crippen molar-refractivity contribution in [1.29, 1.82) is 0 Å². The smallest absolute Gasteiger partial charge is 0.255 e. The average molecular weight is 463 g/mol. The largest absolute Gasteiger partial charge is 0.394 e. The molecule has 4 rings (SSSR count). The third-order valence-corrected chi connectivity index (χ3v) is 6.57. The van der Waals surface area contributed by atoms with Crippen molar-refractivity contribution in [1.82, 2.24) is 14.9 Å². The van der Waals surface area contributed by atoms with Gasteiger partial charge in [0.05, 0.1) is 54.6 Å². The molecule has 1 aromatic carbocycles. The first kappa shape index (κ1) is 22.2. The molecule has 1 aliphatic heterocycles. The third-order valence-electron chi connectivity index (χ3n) is 5.43. The molecule has 0 fully saturated rings. The predicted octanol–water partition coefficient (Wildman–Crippen LogP) is 1.72. The monoisotopic (exact) mass is 462 g/mol. The molecule has 1 aliphatic rings. The topological polar surface area (TPSA) is 113 Å². The van der Waals surface area contributed by atoms with Gasteiger partial charge in [0.25, 0.3) is 5.91 Å². The van der Waals surface area contributed by atoms with E-state index >= 15 is 0 Å². The van der Waals surface area contributed by atoms with Gasteiger partial charge in [-0.25, -0.2) is 17.3 Å². The highest BCUT2D eigenvalue weighted by atomic mass is 32.2. The van der Waals surface area contributed by atoms with Crippen molar-refractivity contribution in [3.8, 4) is 11.3 Å². The summed E-state index contributed by atoms with van der Waals surface area (Å²) in [6.45, 7) is 1.34. The Balaban J connectivity index is 2.01. The van der Waals surface area contributed by atoms with Crippen LogP contribution in [0.25, 0.3) is 16.8 Å². The minimum atomic E-state index is -3.70. The summed E-state index contributed by atoms with van der Waals surface area (Å²) < 4.78 is 47.0. The van der Waals surface area contributed by atoms with Gasteiger partial charge in [-0.3, -0.25) is 9.10 Å². The van der Waals surface area contributed by atoms with E-state index in [-0.39, 0.29) is 18.7 Å². The van der Waals surface area contributed by atoms with Crippen LogP contribution >= 0.6 is 0 Å². The van der Waals surface area contributed by atoms with Crippen LogP contribution in [-0.2, 0) is 14.8 Å². The summed E-state index contributed by atoms with van der Waals surface area (Å²) in [4.78, 5) is 12.8. The summed E-state index contributed by atoms with van der Waals surface area (Å²) in [6.07, 6.45) is 1.34. The number of hydrogen-bond acceptors (Lipinski definition) is 6. The lowest BCUT2D eigenvalue weighted by atomic mass is 10.0. The summed E-state index contributed by atoms with van der Waals surface area (Å²) >= 11 is 0. The number of aromatic nitrogens is 2. The van der Waals surface area contributed by atoms with E-state index in [1.54, 1.807) is 13.0 Å². The molecule has 1 amide bonds. The van der Waals surface area contributed by atoms with E-state index in [1.165, 1.54) is 46.3 Å². The summed E-state index contributed by atoms with van der Waals surface area (Å²) in [6, 6.07) is 7.27. The zero-order chi connectivity index (χ0) is 23.2. The number of nitrogens with zero attached hydrogens (tertiary/aromatic N) is 3. The minimum absolute atomic E-state index is 0.0629. The van der Waals surface area contributed by atoms with Crippen LogP contribution in [0.15, 0.2) is 36.5 Å². The molecule has 2 atom stereocenters. The standard InChI is InChI=1S/C21H23FN4O5S/c1-12-16-8-17-19(21(28)23-2)20(13-4-6-14(22)7-5-13)24-25(17)10-18(16)26(32(3,29)30)9-15(11-27)31-12/h4-8,10,12,15,27H,9,11H2,1-3H3,(H,23,28). The first-order chi connectivity index (χ1) is 15.1. The van der Waals surface area contributed by atoms with Crippen molar-refractivity contribution in [2.24, 2.45) is 0 Å². The van der Waals surface area contributed by atoms with Gasteiger partial charge in [0.2, 0.25) is 10.0 Å². The predicted molar refractivity (Wildman–Crippen MR) is 117 cm³/mol. The number of amides is 1. The summed E-state index contributed by atoms with van der Waals surface area (Å²) in [5.74, 6) is -0.811. The Labute approximate surface area is 184 Å². The number of pyridine rings is 1. The Kier molecular flexibility index (Phi) is 5.65. The molecule has 3 aromatic rings. The molecule has 0 saturated carbocycles. The van der Waals surface area contributed by atoms with Gasteiger partial charge in [0.15, 0.2) is 0 Å². The number of rotatable bonds is 4. The first-order valence-electron chi connectivity index (χ1n) is 9.92. The number of aliphatic hydroxyl groups excluding tert-OH is 1. The number of anilines is 1. The fourth-order valence-electron chi connectivity index (χ4n) is 3.89. The van der Waals surface area contributed by atoms with Gasteiger partial charge >= 0.3 is 0 Å². The van der Waals surface area contributed by atoms with E-state index in [1.807, 2.05) is 0 Å². The van der Waals surface area contributed by atoms with Crippen molar-refractivity contribution < 1.29 is 27.4 Å². The summed E-state index contributed by atoms with van der Waals surface area (Å²) in [5, 5.41) is 16.8. The van der Waals surface area contributed by atoms with E-state index in [4.69, 9.17) is 4.74 Å². The van der Waals surface area contributed by atoms with E-state index in [0.717, 1.165) is 6.26 Å². The number of carbonyl (C=O) groups excluding carboxylic acids is 1. The van der Waals surface area contributed by atoms with Crippen LogP contribution in [0.3, 0.4) is 0 Å². The lowest BCUT2D eigenvalue weighted by molar-refractivity contribution is -0.0227. The first-order valence-corrected chi connectivity index (χ1v) is 11.8. The van der Waals surface area contributed by atoms with Crippen LogP contribution in [0.2, 0.25) is 0 Å². The normalized spacial score (nSPS) is 19.0. The molecule has 9 nitrogen and oxygen atoms in total. The molecular formula is C21H23FN4O5S. The number of aliphatic hydroxyl groups is 1. The number of ether oxygens (including phenoxy) is 1. The molecule has 0 saturated heterocycles. The Morgan fingerprint density at radius 3 is 2.62 bits per heavy atom. The van der Waals surface area contributed by atoms with Gasteiger partial charge in [0.1, 0.15) is 11.5 Å². The molecule has 32 heavy (non-hydrogen) atoms. The maximum Gasteiger partial charge on any atom is 0.255 e. The van der Waals surface area contributed by atoms with Gasteiger partial charge in [0, 0.05) is 18.2 Å². The molecule has 0 spiro atoms. The highest BCUT2D eigenvalue weighted by Crippen LogP contribution is 2.37. The zero-order valence-corrected chi connectivity index (χ0v) is 18.6. The Bertz CT molecular complexity index is 1290. The van der Waals surface area contributed by atoms with Gasteiger partial charge in [-0.15, -0.1) is 0 Å². The van der Waals surface area contributed by atoms with Crippen LogP contribution in [0, 0.1) is 5.82 Å². The molecule has 2 aromatic heterocycles. The second kappa shape index (κ2) is 8.15. The van der Waals surface area contributed by atoms with Gasteiger partial charge in [-0.2, -0.15) is 5.10 Å². The molecule has 170 valence electrons. The second-order valence-corrected chi connectivity index (χ2v) is 9.54. The molecule has 2 N–H and O–H groups in total. The van der Waals surface area contributed by atoms with Crippen LogP contribution in [0.4, 0.5) is 10.1 Å². The van der Waals surface area contributed by atoms with Crippen LogP contribution in [0.1, 0.15) is 28.9 Å². The van der Waals surface area contributed by atoms with Crippen molar-refractivity contribution in [3.05, 3.63) is 53.5 Å². The van der Waals surface area contributed by atoms with E-state index in [2.05, 4.69) is 10.4 Å². The number of fused-ring (bicyclic) bond motifs is 2. The maximum absolute atomic E-state index is 13.4. The molecule has 0 aliphatic carbocycles. The van der Waals surface area contributed by atoms with Gasteiger partial charge in [-0.1, -0.05) is 0 Å². The maximum atomic E-state index is 13.4. The van der Waals surface area contributed by atoms with Gasteiger partial charge in [-0.05, 0) is 37.3 Å². The molecular weight excluding hydrogens is 439 g/mol. The van der Waals surface area contributed by atoms with Crippen LogP contribution in [0.5, 0.6) is 0 Å². The van der Waals surface area contributed by atoms with E-state index in [0.29, 0.717) is 28.0 Å². The number of benzene rings is 1. The molecule has 2 unspecified atom stereocenters. The molecule has 0 bridgehead atoms. The van der Waals surface area contributed by atoms with Crippen molar-refractivity contribution in [3.63, 3.8) is 0 Å². The Hall–Kier alpha value is -3.02. The summed E-state index contributed by atoms with van der Waals surface area (Å²) in [5.41, 5.74) is 2.46. The zero-order valence-electron chi connectivity index (χ0n) is 17.7. The van der Waals surface area contributed by atoms with Crippen molar-refractivity contribution in [2.45, 2.75) is 19.1 Å². The molecule has 3 heterocycles. The van der Waals surface area contributed by atoms with Crippen LogP contribution in [-0.4, -0.2) is 61.6 Å². The van der Waals surface area contributed by atoms with Crippen molar-refractivity contribution in [2.75, 3.05) is 30.8 Å². The molecule has 0 radical (unpaired) electrons. The SMILES string of the molecule is CNC(=O)c1c(-c2ccc(F)cc2)nn2cc3c(cc12)C(C)OC(CO)CN3S(C)(=O)=O. The summed E-state index contributed by atoms with van der Waals surface area (Å²) in [7, 11) is -2.21. The van der Waals surface area contributed by atoms with E-state index < -0.39 is 34.0 Å². The fourth-order valence-corrected chi connectivity index (χ4v) is 4.84. The number of sulfonamides is 1. The quantitative estimate of drug-likeness (QED) is 0.611. The number of nitrogens with one attached hydrogen (secondary N) is 1. The lowest BCUT2D eigenvalue weighted by Crippen LogP contribution is -2.38. The fraction of sp³-hybridized carbons (Fsp3) is 0.333.